The van der Waals surface area contributed by atoms with Crippen LogP contribution in [0.1, 0.15) is 23.7 Å². The van der Waals surface area contributed by atoms with Gasteiger partial charge in [0, 0.05) is 25.8 Å². The lowest BCUT2D eigenvalue weighted by Crippen LogP contribution is -2.50. The van der Waals surface area contributed by atoms with Gasteiger partial charge in [0.05, 0.1) is 31.0 Å². The van der Waals surface area contributed by atoms with Crippen molar-refractivity contribution in [1.29, 1.82) is 0 Å². The molecule has 4 heteroatoms. The lowest BCUT2D eigenvalue weighted by molar-refractivity contribution is -0.0634. The highest BCUT2D eigenvalue weighted by atomic mass is 16.5. The summed E-state index contributed by atoms with van der Waals surface area (Å²) in [4.78, 5) is 9.86. The van der Waals surface area contributed by atoms with Crippen LogP contribution >= 0.6 is 0 Å². The summed E-state index contributed by atoms with van der Waals surface area (Å²) in [6, 6.07) is 17.9. The molecule has 4 nitrogen and oxygen atoms in total. The van der Waals surface area contributed by atoms with Gasteiger partial charge < -0.3 is 4.74 Å². The van der Waals surface area contributed by atoms with Gasteiger partial charge in [0.2, 0.25) is 0 Å². The van der Waals surface area contributed by atoms with Crippen molar-refractivity contribution < 1.29 is 4.74 Å². The Morgan fingerprint density at radius 3 is 2.46 bits per heavy atom. The van der Waals surface area contributed by atoms with E-state index in [2.05, 4.69) is 57.2 Å². The minimum absolute atomic E-state index is 0.241. The average Bonchev–Trinajstić information content (AvgIpc) is 2.82. The molecule has 0 spiro atoms. The van der Waals surface area contributed by atoms with Gasteiger partial charge in [-0.1, -0.05) is 36.4 Å². The van der Waals surface area contributed by atoms with E-state index in [-0.39, 0.29) is 6.04 Å². The Hall–Kier alpha value is -1.75. The number of ether oxygens (including phenoxy) is 1. The molecule has 2 fully saturated rings. The Morgan fingerprint density at radius 1 is 0.917 bits per heavy atom. The first-order chi connectivity index (χ1) is 11.9. The highest BCUT2D eigenvalue weighted by Gasteiger charge is 2.30. The number of benzene rings is 1. The average molecular weight is 323 g/mol. The van der Waals surface area contributed by atoms with Crippen LogP contribution in [-0.4, -0.2) is 60.2 Å². The molecule has 1 atom stereocenters. The van der Waals surface area contributed by atoms with Gasteiger partial charge in [0.15, 0.2) is 0 Å². The minimum Gasteiger partial charge on any atom is -0.378 e. The largest absolute Gasteiger partial charge is 0.378 e. The number of aromatic nitrogens is 1. The Morgan fingerprint density at radius 2 is 1.75 bits per heavy atom. The summed E-state index contributed by atoms with van der Waals surface area (Å²) in [5, 5.41) is 0. The molecule has 1 aromatic carbocycles. The zero-order valence-corrected chi connectivity index (χ0v) is 14.1. The fourth-order valence-corrected chi connectivity index (χ4v) is 3.76. The molecule has 126 valence electrons. The van der Waals surface area contributed by atoms with Gasteiger partial charge in [0.25, 0.3) is 0 Å². The highest BCUT2D eigenvalue weighted by molar-refractivity contribution is 5.27. The van der Waals surface area contributed by atoms with E-state index in [0.717, 1.165) is 38.5 Å². The molecule has 0 saturated carbocycles. The molecule has 0 aliphatic carbocycles. The summed E-state index contributed by atoms with van der Waals surface area (Å²) in [6.07, 6.45) is 3.10. The third-order valence-electron chi connectivity index (χ3n) is 5.15. The van der Waals surface area contributed by atoms with E-state index < -0.39 is 0 Å². The summed E-state index contributed by atoms with van der Waals surface area (Å²) >= 11 is 0. The van der Waals surface area contributed by atoms with Crippen LogP contribution < -0.4 is 0 Å². The van der Waals surface area contributed by atoms with Gasteiger partial charge in [-0.25, -0.2) is 0 Å². The number of hydrogen-bond donors (Lipinski definition) is 0. The van der Waals surface area contributed by atoms with Crippen LogP contribution in [0, 0.1) is 0 Å². The van der Waals surface area contributed by atoms with Crippen molar-refractivity contribution in [3.63, 3.8) is 0 Å². The molecule has 1 aromatic heterocycles. The van der Waals surface area contributed by atoms with Crippen molar-refractivity contribution in [2.45, 2.75) is 18.5 Å². The first-order valence-corrected chi connectivity index (χ1v) is 8.93. The topological polar surface area (TPSA) is 28.6 Å². The van der Waals surface area contributed by atoms with Gasteiger partial charge in [-0.05, 0) is 30.7 Å². The molecule has 2 aromatic rings. The quantitative estimate of drug-likeness (QED) is 0.865. The van der Waals surface area contributed by atoms with Gasteiger partial charge in [-0.15, -0.1) is 0 Å². The lowest BCUT2D eigenvalue weighted by Gasteiger charge is -2.37. The van der Waals surface area contributed by atoms with E-state index in [4.69, 9.17) is 4.74 Å². The minimum atomic E-state index is 0.241. The summed E-state index contributed by atoms with van der Waals surface area (Å²) < 4.78 is 5.38. The van der Waals surface area contributed by atoms with Crippen molar-refractivity contribution in [1.82, 2.24) is 14.8 Å². The summed E-state index contributed by atoms with van der Waals surface area (Å²) in [7, 11) is 0. The Labute approximate surface area is 144 Å². The van der Waals surface area contributed by atoms with Gasteiger partial charge in [-0.2, -0.15) is 0 Å². The second-order valence-corrected chi connectivity index (χ2v) is 6.68. The first kappa shape index (κ1) is 15.8. The van der Waals surface area contributed by atoms with Gasteiger partial charge in [0.1, 0.15) is 0 Å². The summed E-state index contributed by atoms with van der Waals surface area (Å²) in [5.41, 5.74) is 2.47. The third kappa shape index (κ3) is 3.36. The number of rotatable bonds is 4. The van der Waals surface area contributed by atoms with Crippen LogP contribution in [0.15, 0.2) is 54.7 Å². The molecule has 24 heavy (non-hydrogen) atoms. The normalized spacial score (nSPS) is 21.8. The summed E-state index contributed by atoms with van der Waals surface area (Å²) in [6.45, 7) is 6.29. The first-order valence-electron chi connectivity index (χ1n) is 8.93. The maximum atomic E-state index is 5.38. The molecule has 3 heterocycles. The highest BCUT2D eigenvalue weighted by Crippen LogP contribution is 2.28. The van der Waals surface area contributed by atoms with Gasteiger partial charge >= 0.3 is 0 Å². The maximum Gasteiger partial charge on any atom is 0.0776 e. The van der Waals surface area contributed by atoms with E-state index in [1.54, 1.807) is 0 Å². The van der Waals surface area contributed by atoms with Crippen molar-refractivity contribution in [3.05, 3.63) is 66.0 Å². The van der Waals surface area contributed by atoms with Crippen LogP contribution in [0.3, 0.4) is 0 Å². The van der Waals surface area contributed by atoms with E-state index in [1.165, 1.54) is 18.5 Å². The molecule has 2 aliphatic heterocycles. The zero-order valence-electron chi connectivity index (χ0n) is 14.1. The molecule has 0 bridgehead atoms. The van der Waals surface area contributed by atoms with Crippen LogP contribution in [0.2, 0.25) is 0 Å². The molecule has 2 saturated heterocycles. The molecule has 1 unspecified atom stereocenters. The molecule has 0 N–H and O–H groups in total. The van der Waals surface area contributed by atoms with E-state index >= 15 is 0 Å². The second-order valence-electron chi connectivity index (χ2n) is 6.68. The molecular formula is C20H25N3O. The molecule has 0 radical (unpaired) electrons. The fraction of sp³-hybridized carbons (Fsp3) is 0.450. The molecule has 0 amide bonds. The van der Waals surface area contributed by atoms with E-state index in [9.17, 15) is 0 Å². The predicted molar refractivity (Wildman–Crippen MR) is 94.9 cm³/mol. The van der Waals surface area contributed by atoms with Crippen LogP contribution in [0.4, 0.5) is 0 Å². The monoisotopic (exact) mass is 323 g/mol. The lowest BCUT2D eigenvalue weighted by atomic mass is 10.0. The number of pyridine rings is 1. The van der Waals surface area contributed by atoms with E-state index in [0.29, 0.717) is 6.04 Å². The van der Waals surface area contributed by atoms with Crippen LogP contribution in [-0.2, 0) is 4.74 Å². The SMILES string of the molecule is c1ccc(C(c2ccccn2)N2CCCN(C3COC3)CC2)cc1. The fourth-order valence-electron chi connectivity index (χ4n) is 3.76. The second kappa shape index (κ2) is 7.43. The zero-order chi connectivity index (χ0) is 16.2. The van der Waals surface area contributed by atoms with Crippen molar-refractivity contribution in [3.8, 4) is 0 Å². The van der Waals surface area contributed by atoms with Crippen LogP contribution in [0.25, 0.3) is 0 Å². The number of nitrogens with zero attached hydrogens (tertiary/aromatic N) is 3. The Balaban J connectivity index is 1.57. The smallest absolute Gasteiger partial charge is 0.0776 e. The maximum absolute atomic E-state index is 5.38. The predicted octanol–water partition coefficient (Wildman–Crippen LogP) is 2.58. The molecular weight excluding hydrogens is 298 g/mol. The van der Waals surface area contributed by atoms with Crippen molar-refractivity contribution in [2.75, 3.05) is 39.4 Å². The molecule has 2 aliphatic rings. The van der Waals surface area contributed by atoms with Crippen molar-refractivity contribution >= 4 is 0 Å². The third-order valence-corrected chi connectivity index (χ3v) is 5.15. The van der Waals surface area contributed by atoms with Crippen LogP contribution in [0.5, 0.6) is 0 Å². The summed E-state index contributed by atoms with van der Waals surface area (Å²) in [5.74, 6) is 0. The van der Waals surface area contributed by atoms with Gasteiger partial charge in [-0.3, -0.25) is 14.8 Å². The standard InChI is InChI=1S/C20H25N3O/c1-2-7-17(8-3-1)20(19-9-4-5-10-21-19)23-12-6-11-22(13-14-23)18-15-24-16-18/h1-5,7-10,18,20H,6,11-16H2. The van der Waals surface area contributed by atoms with Crippen molar-refractivity contribution in [2.24, 2.45) is 0 Å². The Bertz CT molecular complexity index is 590. The molecule has 4 rings (SSSR count). The Kier molecular flexibility index (Phi) is 4.88. The van der Waals surface area contributed by atoms with E-state index in [1.807, 2.05) is 12.3 Å². The number of hydrogen-bond acceptors (Lipinski definition) is 4.